The van der Waals surface area contributed by atoms with Crippen LogP contribution in [0, 0.1) is 0 Å². The molecule has 0 aliphatic carbocycles. The van der Waals surface area contributed by atoms with E-state index in [0.717, 1.165) is 25.2 Å². The number of amides is 1. The molecule has 33 heavy (non-hydrogen) atoms. The number of hydrogen-bond donors (Lipinski definition) is 1. The van der Waals surface area contributed by atoms with E-state index in [1.807, 2.05) is 18.2 Å². The van der Waals surface area contributed by atoms with E-state index in [2.05, 4.69) is 10.2 Å². The van der Waals surface area contributed by atoms with Crippen LogP contribution in [0.3, 0.4) is 0 Å². The zero-order chi connectivity index (χ0) is 23.3. The average molecular weight is 476 g/mol. The molecule has 0 aromatic heterocycles. The molecule has 0 saturated carbocycles. The molecule has 2 aliphatic rings. The summed E-state index contributed by atoms with van der Waals surface area (Å²) in [5, 5.41) is 2.82. The summed E-state index contributed by atoms with van der Waals surface area (Å²) in [4.78, 5) is 15.2. The van der Waals surface area contributed by atoms with Gasteiger partial charge in [-0.1, -0.05) is 12.1 Å². The van der Waals surface area contributed by atoms with E-state index >= 15 is 0 Å². The molecule has 2 aromatic rings. The van der Waals surface area contributed by atoms with Gasteiger partial charge in [-0.05, 0) is 35.9 Å². The summed E-state index contributed by atoms with van der Waals surface area (Å²) in [5.74, 6) is -0.0780. The minimum atomic E-state index is -3.79. The first-order chi connectivity index (χ1) is 16.0. The van der Waals surface area contributed by atoms with E-state index in [1.165, 1.54) is 17.5 Å². The summed E-state index contributed by atoms with van der Waals surface area (Å²) >= 11 is 0. The highest BCUT2D eigenvalue weighted by Gasteiger charge is 2.29. The third-order valence-corrected chi connectivity index (χ3v) is 7.63. The summed E-state index contributed by atoms with van der Waals surface area (Å²) < 4.78 is 43.7. The lowest BCUT2D eigenvalue weighted by atomic mass is 10.1. The minimum Gasteiger partial charge on any atom is -0.495 e. The van der Waals surface area contributed by atoms with E-state index in [1.54, 1.807) is 18.2 Å². The topological polar surface area (TPSA) is 97.4 Å². The smallest absolute Gasteiger partial charge is 0.255 e. The third-order valence-electron chi connectivity index (χ3n) is 5.71. The van der Waals surface area contributed by atoms with Gasteiger partial charge < -0.3 is 19.5 Å². The third kappa shape index (κ3) is 5.71. The van der Waals surface area contributed by atoms with Crippen LogP contribution >= 0.6 is 0 Å². The second kappa shape index (κ2) is 10.6. The summed E-state index contributed by atoms with van der Waals surface area (Å²) in [7, 11) is -2.37. The molecule has 0 radical (unpaired) electrons. The highest BCUT2D eigenvalue weighted by atomic mass is 32.2. The molecule has 2 fully saturated rings. The van der Waals surface area contributed by atoms with Crippen molar-refractivity contribution in [3.8, 4) is 5.75 Å². The Morgan fingerprint density at radius 2 is 1.70 bits per heavy atom. The molecule has 9 nitrogen and oxygen atoms in total. The van der Waals surface area contributed by atoms with Crippen LogP contribution in [0.4, 0.5) is 5.69 Å². The number of sulfonamides is 1. The Balaban J connectivity index is 1.51. The first-order valence-corrected chi connectivity index (χ1v) is 12.4. The van der Waals surface area contributed by atoms with Gasteiger partial charge >= 0.3 is 0 Å². The fourth-order valence-electron chi connectivity index (χ4n) is 3.91. The standard InChI is InChI=1S/C23H29N3O6S/c1-30-21-6-5-20(16-22(21)33(28,29)26-9-13-32-14-10-26)24-23(27)19-4-2-3-18(15-19)17-25-7-11-31-12-8-25/h2-6,15-16H,7-14,17H2,1H3,(H,24,27). The normalized spacial score (nSPS) is 18.1. The summed E-state index contributed by atoms with van der Waals surface area (Å²) in [6.07, 6.45) is 0. The molecule has 0 bridgehead atoms. The Morgan fingerprint density at radius 1 is 1.00 bits per heavy atom. The van der Waals surface area contributed by atoms with Crippen molar-refractivity contribution in [3.05, 3.63) is 53.6 Å². The van der Waals surface area contributed by atoms with Crippen LogP contribution in [0.2, 0.25) is 0 Å². The molecular weight excluding hydrogens is 446 g/mol. The van der Waals surface area contributed by atoms with Gasteiger partial charge in [0.2, 0.25) is 10.0 Å². The maximum Gasteiger partial charge on any atom is 0.255 e. The van der Waals surface area contributed by atoms with Crippen LogP contribution in [-0.2, 0) is 26.0 Å². The van der Waals surface area contributed by atoms with Gasteiger partial charge in [0.1, 0.15) is 10.6 Å². The highest BCUT2D eigenvalue weighted by molar-refractivity contribution is 7.89. The first-order valence-electron chi connectivity index (χ1n) is 10.9. The SMILES string of the molecule is COc1ccc(NC(=O)c2cccc(CN3CCOCC3)c2)cc1S(=O)(=O)N1CCOCC1. The van der Waals surface area contributed by atoms with Crippen LogP contribution < -0.4 is 10.1 Å². The molecule has 2 heterocycles. The lowest BCUT2D eigenvalue weighted by Gasteiger charge is -2.27. The number of ether oxygens (including phenoxy) is 3. The van der Waals surface area contributed by atoms with Crippen LogP contribution in [-0.4, -0.2) is 83.2 Å². The van der Waals surface area contributed by atoms with Crippen molar-refractivity contribution in [2.45, 2.75) is 11.4 Å². The molecule has 2 aromatic carbocycles. The fourth-order valence-corrected chi connectivity index (χ4v) is 5.50. The molecule has 1 N–H and O–H groups in total. The van der Waals surface area contributed by atoms with E-state index in [-0.39, 0.29) is 29.6 Å². The monoisotopic (exact) mass is 475 g/mol. The van der Waals surface area contributed by atoms with Crippen molar-refractivity contribution in [2.24, 2.45) is 0 Å². The number of rotatable bonds is 7. The van der Waals surface area contributed by atoms with E-state index in [0.29, 0.717) is 37.7 Å². The number of carbonyl (C=O) groups excluding carboxylic acids is 1. The van der Waals surface area contributed by atoms with Crippen molar-refractivity contribution < 1.29 is 27.4 Å². The zero-order valence-electron chi connectivity index (χ0n) is 18.7. The molecule has 0 unspecified atom stereocenters. The molecule has 178 valence electrons. The van der Waals surface area contributed by atoms with E-state index in [9.17, 15) is 13.2 Å². The van der Waals surface area contributed by atoms with Gasteiger partial charge in [-0.2, -0.15) is 4.31 Å². The molecule has 4 rings (SSSR count). The van der Waals surface area contributed by atoms with Crippen LogP contribution in [0.15, 0.2) is 47.4 Å². The number of methoxy groups -OCH3 is 1. The van der Waals surface area contributed by atoms with Gasteiger partial charge in [-0.3, -0.25) is 9.69 Å². The predicted octanol–water partition coefficient (Wildman–Crippen LogP) is 1.80. The van der Waals surface area contributed by atoms with Gasteiger partial charge in [0.15, 0.2) is 0 Å². The molecule has 2 saturated heterocycles. The molecule has 0 spiro atoms. The lowest BCUT2D eigenvalue weighted by molar-refractivity contribution is 0.0342. The van der Waals surface area contributed by atoms with Crippen molar-refractivity contribution in [1.29, 1.82) is 0 Å². The lowest BCUT2D eigenvalue weighted by Crippen LogP contribution is -2.40. The van der Waals surface area contributed by atoms with E-state index in [4.69, 9.17) is 14.2 Å². The number of carbonyl (C=O) groups is 1. The number of morpholine rings is 2. The molecule has 10 heteroatoms. The number of benzene rings is 2. The molecular formula is C23H29N3O6S. The summed E-state index contributed by atoms with van der Waals surface area (Å²) in [6.45, 7) is 5.15. The largest absolute Gasteiger partial charge is 0.495 e. The number of nitrogens with one attached hydrogen (secondary N) is 1. The van der Waals surface area contributed by atoms with Gasteiger partial charge in [-0.15, -0.1) is 0 Å². The first kappa shape index (κ1) is 23.7. The summed E-state index contributed by atoms with van der Waals surface area (Å²) in [6, 6.07) is 12.1. The minimum absolute atomic E-state index is 0.0192. The molecule has 0 atom stereocenters. The molecule has 1 amide bonds. The number of nitrogens with zero attached hydrogens (tertiary/aromatic N) is 2. The second-order valence-corrected chi connectivity index (χ2v) is 9.83. The Kier molecular flexibility index (Phi) is 7.61. The zero-order valence-corrected chi connectivity index (χ0v) is 19.5. The fraction of sp³-hybridized carbons (Fsp3) is 0.435. The average Bonchev–Trinajstić information content (AvgIpc) is 2.85. The Hall–Kier alpha value is -2.50. The van der Waals surface area contributed by atoms with Gasteiger partial charge in [-0.25, -0.2) is 8.42 Å². The summed E-state index contributed by atoms with van der Waals surface area (Å²) in [5.41, 5.74) is 1.93. The Morgan fingerprint density at radius 3 is 2.39 bits per heavy atom. The van der Waals surface area contributed by atoms with Crippen molar-refractivity contribution in [2.75, 3.05) is 65.0 Å². The van der Waals surface area contributed by atoms with Crippen LogP contribution in [0.25, 0.3) is 0 Å². The second-order valence-electron chi connectivity index (χ2n) is 7.93. The van der Waals surface area contributed by atoms with Crippen molar-refractivity contribution in [1.82, 2.24) is 9.21 Å². The van der Waals surface area contributed by atoms with Crippen molar-refractivity contribution >= 4 is 21.6 Å². The van der Waals surface area contributed by atoms with Crippen LogP contribution in [0.1, 0.15) is 15.9 Å². The van der Waals surface area contributed by atoms with Gasteiger partial charge in [0, 0.05) is 44.0 Å². The van der Waals surface area contributed by atoms with Crippen LogP contribution in [0.5, 0.6) is 5.75 Å². The predicted molar refractivity (Wildman–Crippen MR) is 123 cm³/mol. The maximum absolute atomic E-state index is 13.2. The van der Waals surface area contributed by atoms with E-state index < -0.39 is 10.0 Å². The maximum atomic E-state index is 13.2. The van der Waals surface area contributed by atoms with Gasteiger partial charge in [0.25, 0.3) is 5.91 Å². The number of hydrogen-bond acceptors (Lipinski definition) is 7. The quantitative estimate of drug-likeness (QED) is 0.652. The molecule has 2 aliphatic heterocycles. The van der Waals surface area contributed by atoms with Crippen molar-refractivity contribution in [3.63, 3.8) is 0 Å². The highest BCUT2D eigenvalue weighted by Crippen LogP contribution is 2.30. The Labute approximate surface area is 194 Å². The number of anilines is 1. The Bertz CT molecular complexity index is 1080. The van der Waals surface area contributed by atoms with Gasteiger partial charge in [0.05, 0.1) is 33.5 Å².